The minimum atomic E-state index is -0.503. The molecule has 1 aliphatic rings. The predicted octanol–water partition coefficient (Wildman–Crippen LogP) is 3.51. The minimum Gasteiger partial charge on any atom is -0.452 e. The summed E-state index contributed by atoms with van der Waals surface area (Å²) >= 11 is 3.37. The first kappa shape index (κ1) is 17.7. The van der Waals surface area contributed by atoms with Gasteiger partial charge in [0.25, 0.3) is 5.91 Å². The largest absolute Gasteiger partial charge is 0.452 e. The number of esters is 1. The molecule has 2 rings (SSSR count). The topological polar surface area (TPSA) is 46.6 Å². The van der Waals surface area contributed by atoms with Crippen molar-refractivity contribution >= 4 is 33.9 Å². The highest BCUT2D eigenvalue weighted by Gasteiger charge is 2.25. The fourth-order valence-electron chi connectivity index (χ4n) is 2.91. The van der Waals surface area contributed by atoms with Gasteiger partial charge in [0.15, 0.2) is 6.61 Å². The molecule has 0 saturated carbocycles. The van der Waals surface area contributed by atoms with E-state index < -0.39 is 5.97 Å². The minimum absolute atomic E-state index is 0.118. The lowest BCUT2D eigenvalue weighted by Gasteiger charge is -2.34. The maximum Gasteiger partial charge on any atom is 0.331 e. The van der Waals surface area contributed by atoms with Crippen molar-refractivity contribution in [3.05, 3.63) is 40.4 Å². The van der Waals surface area contributed by atoms with Gasteiger partial charge in [-0.1, -0.05) is 41.9 Å². The lowest BCUT2D eigenvalue weighted by Crippen LogP contribution is -2.44. The Hall–Kier alpha value is -1.62. The third-order valence-corrected chi connectivity index (χ3v) is 4.31. The molecule has 0 N–H and O–H groups in total. The van der Waals surface area contributed by atoms with Crippen LogP contribution in [0.5, 0.6) is 0 Å². The van der Waals surface area contributed by atoms with Crippen LogP contribution >= 0.6 is 15.9 Å². The zero-order valence-corrected chi connectivity index (χ0v) is 15.1. The summed E-state index contributed by atoms with van der Waals surface area (Å²) in [4.78, 5) is 25.7. The van der Waals surface area contributed by atoms with E-state index in [4.69, 9.17) is 4.74 Å². The summed E-state index contributed by atoms with van der Waals surface area (Å²) < 4.78 is 5.99. The lowest BCUT2D eigenvalue weighted by molar-refractivity contribution is -0.149. The molecule has 0 bridgehead atoms. The van der Waals surface area contributed by atoms with Crippen molar-refractivity contribution < 1.29 is 14.3 Å². The van der Waals surface area contributed by atoms with Crippen LogP contribution < -0.4 is 0 Å². The molecule has 1 heterocycles. The van der Waals surface area contributed by atoms with E-state index >= 15 is 0 Å². The van der Waals surface area contributed by atoms with E-state index in [1.165, 1.54) is 6.08 Å². The van der Waals surface area contributed by atoms with Crippen LogP contribution in [0.25, 0.3) is 6.08 Å². The highest BCUT2D eigenvalue weighted by molar-refractivity contribution is 9.10. The molecule has 4 nitrogen and oxygen atoms in total. The molecule has 5 heteroatoms. The summed E-state index contributed by atoms with van der Waals surface area (Å²) in [6.45, 7) is 5.58. The van der Waals surface area contributed by atoms with Crippen molar-refractivity contribution in [2.24, 2.45) is 11.8 Å². The number of hydrogen-bond donors (Lipinski definition) is 0. The number of hydrogen-bond acceptors (Lipinski definition) is 3. The van der Waals surface area contributed by atoms with E-state index in [-0.39, 0.29) is 12.5 Å². The first-order valence-corrected chi connectivity index (χ1v) is 8.61. The van der Waals surface area contributed by atoms with Gasteiger partial charge in [0.05, 0.1) is 0 Å². The van der Waals surface area contributed by atoms with Crippen molar-refractivity contribution in [2.45, 2.75) is 20.3 Å². The number of nitrogens with zero attached hydrogens (tertiary/aromatic N) is 1. The fourth-order valence-corrected chi connectivity index (χ4v) is 3.33. The molecule has 1 aliphatic heterocycles. The lowest BCUT2D eigenvalue weighted by atomic mass is 9.92. The summed E-state index contributed by atoms with van der Waals surface area (Å²) in [7, 11) is 0. The molecule has 124 valence electrons. The average Bonchev–Trinajstić information content (AvgIpc) is 2.49. The average molecular weight is 380 g/mol. The van der Waals surface area contributed by atoms with Gasteiger partial charge in [-0.2, -0.15) is 0 Å². The number of ether oxygens (including phenoxy) is 1. The van der Waals surface area contributed by atoms with Crippen molar-refractivity contribution in [1.29, 1.82) is 0 Å². The van der Waals surface area contributed by atoms with Gasteiger partial charge in [-0.3, -0.25) is 4.79 Å². The molecule has 1 aromatic rings. The van der Waals surface area contributed by atoms with E-state index in [2.05, 4.69) is 29.8 Å². The van der Waals surface area contributed by atoms with E-state index in [0.29, 0.717) is 11.8 Å². The van der Waals surface area contributed by atoms with Crippen LogP contribution in [0.1, 0.15) is 25.8 Å². The van der Waals surface area contributed by atoms with Crippen molar-refractivity contribution in [3.8, 4) is 0 Å². The molecule has 2 atom stereocenters. The molecule has 0 radical (unpaired) electrons. The van der Waals surface area contributed by atoms with E-state index in [1.807, 2.05) is 24.3 Å². The number of halogens is 1. The van der Waals surface area contributed by atoms with Crippen LogP contribution in [0.15, 0.2) is 34.8 Å². The molecule has 1 aromatic carbocycles. The van der Waals surface area contributed by atoms with Gasteiger partial charge in [0.1, 0.15) is 0 Å². The zero-order valence-electron chi connectivity index (χ0n) is 13.5. The Balaban J connectivity index is 1.80. The molecule has 1 saturated heterocycles. The summed E-state index contributed by atoms with van der Waals surface area (Å²) in [6, 6.07) is 7.58. The van der Waals surface area contributed by atoms with Gasteiger partial charge in [0.2, 0.25) is 0 Å². The Kier molecular flexibility index (Phi) is 6.39. The number of piperidine rings is 1. The highest BCUT2D eigenvalue weighted by atomic mass is 79.9. The zero-order chi connectivity index (χ0) is 16.8. The maximum atomic E-state index is 12.1. The monoisotopic (exact) mass is 379 g/mol. The SMILES string of the molecule is C[C@H]1C[C@H](C)CN(C(=O)COC(=O)/C=C/c2cccc(Br)c2)C1. The Morgan fingerprint density at radius 3 is 2.65 bits per heavy atom. The van der Waals surface area contributed by atoms with Crippen LogP contribution in [-0.4, -0.2) is 36.5 Å². The second kappa shape index (κ2) is 8.29. The normalized spacial score (nSPS) is 21.4. The molecule has 0 spiro atoms. The highest BCUT2D eigenvalue weighted by Crippen LogP contribution is 2.20. The molecule has 0 aromatic heterocycles. The summed E-state index contributed by atoms with van der Waals surface area (Å²) in [5.41, 5.74) is 0.890. The molecule has 23 heavy (non-hydrogen) atoms. The van der Waals surface area contributed by atoms with E-state index in [9.17, 15) is 9.59 Å². The first-order chi connectivity index (χ1) is 10.9. The number of carbonyl (C=O) groups is 2. The number of carbonyl (C=O) groups excluding carboxylic acids is 2. The van der Waals surface area contributed by atoms with Gasteiger partial charge >= 0.3 is 5.97 Å². The van der Waals surface area contributed by atoms with Crippen LogP contribution in [0.2, 0.25) is 0 Å². The van der Waals surface area contributed by atoms with Crippen molar-refractivity contribution in [2.75, 3.05) is 19.7 Å². The molecular weight excluding hydrogens is 358 g/mol. The molecule has 0 unspecified atom stereocenters. The van der Waals surface area contributed by atoms with Gasteiger partial charge in [-0.25, -0.2) is 4.79 Å². The van der Waals surface area contributed by atoms with Crippen molar-refractivity contribution in [1.82, 2.24) is 4.90 Å². The molecule has 0 aliphatic carbocycles. The van der Waals surface area contributed by atoms with Gasteiger partial charge in [-0.05, 0) is 42.0 Å². The fraction of sp³-hybridized carbons (Fsp3) is 0.444. The second-order valence-corrected chi connectivity index (χ2v) is 7.16. The summed E-state index contributed by atoms with van der Waals surface area (Å²) in [5, 5.41) is 0. The van der Waals surface area contributed by atoms with Crippen LogP contribution in [0.3, 0.4) is 0 Å². The summed E-state index contributed by atoms with van der Waals surface area (Å²) in [6.07, 6.45) is 4.15. The molecular formula is C18H22BrNO3. The van der Waals surface area contributed by atoms with E-state index in [0.717, 1.165) is 29.5 Å². The molecule has 1 amide bonds. The third kappa shape index (κ3) is 5.82. The Labute approximate surface area is 145 Å². The summed E-state index contributed by atoms with van der Waals surface area (Å²) in [5.74, 6) is 0.369. The number of benzene rings is 1. The standard InChI is InChI=1S/C18H22BrNO3/c1-13-8-14(2)11-20(10-13)17(21)12-23-18(22)7-6-15-4-3-5-16(19)9-15/h3-7,9,13-14H,8,10-12H2,1-2H3/b7-6+/t13-,14-/m0/s1. The van der Waals surface area contributed by atoms with Crippen LogP contribution in [0, 0.1) is 11.8 Å². The Morgan fingerprint density at radius 2 is 2.00 bits per heavy atom. The van der Waals surface area contributed by atoms with Gasteiger partial charge in [-0.15, -0.1) is 0 Å². The molecule has 1 fully saturated rings. The Bertz CT molecular complexity index is 590. The Morgan fingerprint density at radius 1 is 1.30 bits per heavy atom. The second-order valence-electron chi connectivity index (χ2n) is 6.24. The number of likely N-dealkylation sites (tertiary alicyclic amines) is 1. The quantitative estimate of drug-likeness (QED) is 0.593. The smallest absolute Gasteiger partial charge is 0.331 e. The van der Waals surface area contributed by atoms with Crippen molar-refractivity contribution in [3.63, 3.8) is 0 Å². The van der Waals surface area contributed by atoms with E-state index in [1.54, 1.807) is 11.0 Å². The van der Waals surface area contributed by atoms with Crippen LogP contribution in [0.4, 0.5) is 0 Å². The first-order valence-electron chi connectivity index (χ1n) is 7.82. The predicted molar refractivity (Wildman–Crippen MR) is 93.7 cm³/mol. The third-order valence-electron chi connectivity index (χ3n) is 3.82. The number of rotatable bonds is 4. The maximum absolute atomic E-state index is 12.1. The van der Waals surface area contributed by atoms with Gasteiger partial charge in [0, 0.05) is 23.6 Å². The number of amides is 1. The van der Waals surface area contributed by atoms with Crippen LogP contribution in [-0.2, 0) is 14.3 Å². The van der Waals surface area contributed by atoms with Gasteiger partial charge < -0.3 is 9.64 Å².